The van der Waals surface area contributed by atoms with Crippen LogP contribution in [0.2, 0.25) is 0 Å². The highest BCUT2D eigenvalue weighted by Crippen LogP contribution is 2.46. The first-order valence-electron chi connectivity index (χ1n) is 15.2. The number of para-hydroxylation sites is 1. The molecule has 0 spiro atoms. The molecule has 0 aromatic heterocycles. The molecule has 42 heavy (non-hydrogen) atoms. The van der Waals surface area contributed by atoms with Crippen molar-refractivity contribution in [3.05, 3.63) is 71.3 Å². The molecule has 1 unspecified atom stereocenters. The number of hydrogen-bond donors (Lipinski definition) is 1. The molecule has 224 valence electrons. The summed E-state index contributed by atoms with van der Waals surface area (Å²) >= 11 is 0. The molecular weight excluding hydrogens is 524 g/mol. The van der Waals surface area contributed by atoms with Gasteiger partial charge in [0.2, 0.25) is 0 Å². The minimum absolute atomic E-state index is 0.191. The third-order valence-electron chi connectivity index (χ3n) is 9.22. The normalized spacial score (nSPS) is 18.3. The van der Waals surface area contributed by atoms with Crippen LogP contribution >= 0.6 is 0 Å². The molecule has 0 radical (unpaired) electrons. The average molecular weight is 571 g/mol. The van der Waals surface area contributed by atoms with Crippen LogP contribution < -0.4 is 9.47 Å². The summed E-state index contributed by atoms with van der Waals surface area (Å²) in [5.41, 5.74) is 7.71. The lowest BCUT2D eigenvalue weighted by Crippen LogP contribution is -2.55. The number of carbonyl (C=O) groups is 1. The van der Waals surface area contributed by atoms with Crippen molar-refractivity contribution < 1.29 is 19.4 Å². The maximum absolute atomic E-state index is 12.1. The van der Waals surface area contributed by atoms with Crippen LogP contribution in [0, 0.1) is 12.3 Å². The predicted molar refractivity (Wildman–Crippen MR) is 170 cm³/mol. The Bertz CT molecular complexity index is 1460. The molecule has 5 rings (SSSR count). The van der Waals surface area contributed by atoms with E-state index in [1.165, 1.54) is 18.5 Å². The smallest absolute Gasteiger partial charge is 0.407 e. The van der Waals surface area contributed by atoms with Crippen molar-refractivity contribution in [2.75, 3.05) is 33.4 Å². The van der Waals surface area contributed by atoms with E-state index in [-0.39, 0.29) is 11.5 Å². The van der Waals surface area contributed by atoms with Crippen molar-refractivity contribution >= 4 is 6.09 Å². The zero-order valence-corrected chi connectivity index (χ0v) is 26.3. The number of carboxylic acid groups (broad SMARTS) is 1. The minimum Gasteiger partial charge on any atom is -0.495 e. The molecule has 2 heterocycles. The summed E-state index contributed by atoms with van der Waals surface area (Å²) in [6, 6.07) is 18.8. The standard InChI is InChI=1S/C36H46N2O4/c1-24-27(11-9-14-31(24)42-22-10-19-37-21-18-36(37,5)6)30-13-8-12-28(32(30)41-7)25-15-16-29-26(23-25)17-20-38(34(39)40)33(29)35(2,3)4/h8-9,11-16,23,33H,10,17-22H2,1-7H3,(H,39,40). The number of likely N-dealkylation sites (tertiary alicyclic amines) is 1. The molecule has 0 bridgehead atoms. The second-order valence-electron chi connectivity index (χ2n) is 13.5. The summed E-state index contributed by atoms with van der Waals surface area (Å²) < 4.78 is 12.4. The largest absolute Gasteiger partial charge is 0.495 e. The van der Waals surface area contributed by atoms with Crippen molar-refractivity contribution in [1.29, 1.82) is 0 Å². The van der Waals surface area contributed by atoms with Crippen LogP contribution in [-0.2, 0) is 6.42 Å². The van der Waals surface area contributed by atoms with Gasteiger partial charge in [-0.05, 0) is 79.3 Å². The van der Waals surface area contributed by atoms with Crippen molar-refractivity contribution in [2.45, 2.75) is 72.4 Å². The highest BCUT2D eigenvalue weighted by molar-refractivity contribution is 5.84. The number of nitrogens with zero attached hydrogens (tertiary/aromatic N) is 2. The van der Waals surface area contributed by atoms with Gasteiger partial charge in [0.05, 0.1) is 19.8 Å². The quantitative estimate of drug-likeness (QED) is 0.277. The molecule has 1 amide bonds. The SMILES string of the molecule is COc1c(-c2ccc3c(c2)CCN(C(=O)O)C3C(C)(C)C)cccc1-c1cccc(OCCCN2CCC2(C)C)c1C. The van der Waals surface area contributed by atoms with Crippen LogP contribution in [0.1, 0.15) is 70.2 Å². The Morgan fingerprint density at radius 1 is 1.02 bits per heavy atom. The summed E-state index contributed by atoms with van der Waals surface area (Å²) in [5, 5.41) is 9.89. The third-order valence-corrected chi connectivity index (χ3v) is 9.22. The van der Waals surface area contributed by atoms with E-state index in [4.69, 9.17) is 9.47 Å². The lowest BCUT2D eigenvalue weighted by molar-refractivity contribution is 0.0123. The van der Waals surface area contributed by atoms with Crippen molar-refractivity contribution in [1.82, 2.24) is 9.80 Å². The zero-order valence-electron chi connectivity index (χ0n) is 26.3. The fourth-order valence-electron chi connectivity index (χ4n) is 6.76. The van der Waals surface area contributed by atoms with Crippen molar-refractivity contribution in [2.24, 2.45) is 5.41 Å². The van der Waals surface area contributed by atoms with Gasteiger partial charge in [-0.1, -0.05) is 69.3 Å². The molecule has 1 saturated heterocycles. The van der Waals surface area contributed by atoms with E-state index < -0.39 is 6.09 Å². The van der Waals surface area contributed by atoms with Crippen LogP contribution in [0.4, 0.5) is 4.79 Å². The first-order chi connectivity index (χ1) is 19.9. The molecular formula is C36H46N2O4. The van der Waals surface area contributed by atoms with Crippen LogP contribution in [0.5, 0.6) is 11.5 Å². The van der Waals surface area contributed by atoms with Gasteiger partial charge >= 0.3 is 6.09 Å². The Labute approximate surface area is 251 Å². The summed E-state index contributed by atoms with van der Waals surface area (Å²) in [7, 11) is 1.73. The molecule has 1 fully saturated rings. The topological polar surface area (TPSA) is 62.2 Å². The highest BCUT2D eigenvalue weighted by atomic mass is 16.5. The monoisotopic (exact) mass is 570 g/mol. The molecule has 3 aromatic carbocycles. The molecule has 0 aliphatic carbocycles. The second-order valence-corrected chi connectivity index (χ2v) is 13.5. The van der Waals surface area contributed by atoms with Crippen LogP contribution in [0.3, 0.4) is 0 Å². The maximum Gasteiger partial charge on any atom is 0.407 e. The van der Waals surface area contributed by atoms with Crippen molar-refractivity contribution in [3.8, 4) is 33.8 Å². The first-order valence-corrected chi connectivity index (χ1v) is 15.2. The van der Waals surface area contributed by atoms with Crippen LogP contribution in [0.25, 0.3) is 22.3 Å². The fourth-order valence-corrected chi connectivity index (χ4v) is 6.76. The molecule has 2 aliphatic rings. The van der Waals surface area contributed by atoms with Gasteiger partial charge in [0, 0.05) is 36.3 Å². The second kappa shape index (κ2) is 11.6. The Balaban J connectivity index is 1.42. The third kappa shape index (κ3) is 5.74. The Hall–Kier alpha value is -3.51. The fraction of sp³-hybridized carbons (Fsp3) is 0.472. The number of benzene rings is 3. The molecule has 3 aromatic rings. The van der Waals surface area contributed by atoms with Gasteiger partial charge in [0.15, 0.2) is 0 Å². The Morgan fingerprint density at radius 3 is 2.38 bits per heavy atom. The predicted octanol–water partition coefficient (Wildman–Crippen LogP) is 8.21. The van der Waals surface area contributed by atoms with Gasteiger partial charge in [0.1, 0.15) is 11.5 Å². The number of rotatable bonds is 8. The highest BCUT2D eigenvalue weighted by Gasteiger charge is 2.39. The summed E-state index contributed by atoms with van der Waals surface area (Å²) in [5.74, 6) is 1.74. The van der Waals surface area contributed by atoms with Crippen molar-refractivity contribution in [3.63, 3.8) is 0 Å². The van der Waals surface area contributed by atoms with E-state index in [0.29, 0.717) is 25.1 Å². The van der Waals surface area contributed by atoms with Gasteiger partial charge in [-0.25, -0.2) is 4.79 Å². The first kappa shape index (κ1) is 30.0. The van der Waals surface area contributed by atoms with Crippen LogP contribution in [0.15, 0.2) is 54.6 Å². The molecule has 1 atom stereocenters. The lowest BCUT2D eigenvalue weighted by Gasteiger charge is -2.48. The molecule has 6 heteroatoms. The summed E-state index contributed by atoms with van der Waals surface area (Å²) in [4.78, 5) is 16.2. The number of methoxy groups -OCH3 is 1. The van der Waals surface area contributed by atoms with E-state index in [2.05, 4.69) is 101 Å². The van der Waals surface area contributed by atoms with Crippen LogP contribution in [-0.4, -0.2) is 59.9 Å². The lowest BCUT2D eigenvalue weighted by atomic mass is 9.76. The van der Waals surface area contributed by atoms with E-state index in [9.17, 15) is 9.90 Å². The van der Waals surface area contributed by atoms with E-state index >= 15 is 0 Å². The number of ether oxygens (including phenoxy) is 2. The van der Waals surface area contributed by atoms with E-state index in [1.54, 1.807) is 12.0 Å². The summed E-state index contributed by atoms with van der Waals surface area (Å²) in [6.07, 6.45) is 2.10. The van der Waals surface area contributed by atoms with Gasteiger partial charge in [0.25, 0.3) is 0 Å². The van der Waals surface area contributed by atoms with Gasteiger partial charge in [-0.15, -0.1) is 0 Å². The molecule has 1 N–H and O–H groups in total. The molecule has 6 nitrogen and oxygen atoms in total. The van der Waals surface area contributed by atoms with Gasteiger partial charge in [-0.3, -0.25) is 4.90 Å². The average Bonchev–Trinajstić information content (AvgIpc) is 2.95. The maximum atomic E-state index is 12.1. The molecule has 0 saturated carbocycles. The van der Waals surface area contributed by atoms with E-state index in [1.807, 2.05) is 0 Å². The zero-order chi connectivity index (χ0) is 30.2. The Kier molecular flexibility index (Phi) is 8.30. The molecule has 2 aliphatic heterocycles. The Morgan fingerprint density at radius 2 is 1.74 bits per heavy atom. The van der Waals surface area contributed by atoms with Gasteiger partial charge in [-0.2, -0.15) is 0 Å². The van der Waals surface area contributed by atoms with E-state index in [0.717, 1.165) is 57.8 Å². The van der Waals surface area contributed by atoms with Gasteiger partial charge < -0.3 is 19.5 Å². The summed E-state index contributed by atoms with van der Waals surface area (Å²) in [6.45, 7) is 16.5. The minimum atomic E-state index is -0.860. The number of fused-ring (bicyclic) bond motifs is 1. The number of hydrogen-bond acceptors (Lipinski definition) is 4. The number of amides is 1.